The first kappa shape index (κ1) is 20.9. The van der Waals surface area contributed by atoms with Crippen molar-refractivity contribution in [3.63, 3.8) is 0 Å². The Morgan fingerprint density at radius 1 is 1.27 bits per heavy atom. The van der Waals surface area contributed by atoms with Crippen molar-refractivity contribution in [1.29, 1.82) is 0 Å². The van der Waals surface area contributed by atoms with Crippen molar-refractivity contribution in [2.24, 2.45) is 11.8 Å². The number of carbonyl (C=O) groups excluding carboxylic acids is 2. The number of fused-ring (bicyclic) bond motifs is 1. The van der Waals surface area contributed by atoms with E-state index in [2.05, 4.69) is 13.8 Å². The van der Waals surface area contributed by atoms with Gasteiger partial charge in [0.25, 0.3) is 0 Å². The Morgan fingerprint density at radius 2 is 2.03 bits per heavy atom. The van der Waals surface area contributed by atoms with Crippen LogP contribution in [0.1, 0.15) is 51.6 Å². The Hall–Kier alpha value is -2.34. The van der Waals surface area contributed by atoms with Crippen LogP contribution in [0.4, 0.5) is 0 Å². The smallest absolute Gasteiger partial charge is 0.312 e. The number of rotatable bonds is 9. The average Bonchev–Trinajstić information content (AvgIpc) is 3.39. The van der Waals surface area contributed by atoms with Crippen LogP contribution in [0.2, 0.25) is 0 Å². The number of esters is 1. The molecule has 1 amide bonds. The van der Waals surface area contributed by atoms with Crippen molar-refractivity contribution in [3.8, 4) is 5.75 Å². The number of ether oxygens (including phenoxy) is 3. The molecular formula is C24H31NO5. The summed E-state index contributed by atoms with van der Waals surface area (Å²) < 4.78 is 17.2. The molecule has 0 aliphatic carbocycles. The van der Waals surface area contributed by atoms with E-state index >= 15 is 0 Å². The lowest BCUT2D eigenvalue weighted by Gasteiger charge is -2.30. The summed E-state index contributed by atoms with van der Waals surface area (Å²) in [6, 6.07) is 7.85. The van der Waals surface area contributed by atoms with Gasteiger partial charge in [-0.15, -0.1) is 0 Å². The molecule has 30 heavy (non-hydrogen) atoms. The fourth-order valence-electron chi connectivity index (χ4n) is 5.06. The SMILES string of the molecule is CCCCOC(=O)C1C2C=CC3(CN(C(CC)c4ccc(OCC)cc4)C(=O)C13)O2. The van der Waals surface area contributed by atoms with Crippen LogP contribution in [-0.2, 0) is 19.1 Å². The largest absolute Gasteiger partial charge is 0.494 e. The zero-order chi connectivity index (χ0) is 21.3. The van der Waals surface area contributed by atoms with Crippen molar-refractivity contribution in [3.05, 3.63) is 42.0 Å². The molecule has 5 atom stereocenters. The maximum absolute atomic E-state index is 13.5. The Kier molecular flexibility index (Phi) is 5.87. The minimum absolute atomic E-state index is 0.0139. The van der Waals surface area contributed by atoms with Crippen LogP contribution in [0.25, 0.3) is 0 Å². The van der Waals surface area contributed by atoms with Crippen molar-refractivity contribution in [2.45, 2.75) is 57.8 Å². The topological polar surface area (TPSA) is 65.1 Å². The van der Waals surface area contributed by atoms with Gasteiger partial charge in [-0.1, -0.05) is 44.6 Å². The molecule has 3 heterocycles. The molecule has 6 heteroatoms. The van der Waals surface area contributed by atoms with Gasteiger partial charge in [-0.2, -0.15) is 0 Å². The zero-order valence-corrected chi connectivity index (χ0v) is 18.0. The number of hydrogen-bond donors (Lipinski definition) is 0. The lowest BCUT2D eigenvalue weighted by molar-refractivity contribution is -0.154. The van der Waals surface area contributed by atoms with Gasteiger partial charge >= 0.3 is 5.97 Å². The van der Waals surface area contributed by atoms with Gasteiger partial charge in [0.2, 0.25) is 5.91 Å². The second-order valence-corrected chi connectivity index (χ2v) is 8.31. The molecule has 5 unspecified atom stereocenters. The van der Waals surface area contributed by atoms with E-state index in [-0.39, 0.29) is 24.0 Å². The first-order chi connectivity index (χ1) is 14.5. The molecular weight excluding hydrogens is 382 g/mol. The van der Waals surface area contributed by atoms with Crippen molar-refractivity contribution in [1.82, 2.24) is 4.90 Å². The number of benzene rings is 1. The molecule has 162 valence electrons. The van der Waals surface area contributed by atoms with Crippen LogP contribution < -0.4 is 4.74 Å². The molecule has 4 rings (SSSR count). The molecule has 2 fully saturated rings. The summed E-state index contributed by atoms with van der Waals surface area (Å²) in [5.74, 6) is -0.561. The summed E-state index contributed by atoms with van der Waals surface area (Å²) >= 11 is 0. The maximum Gasteiger partial charge on any atom is 0.312 e. The maximum atomic E-state index is 13.5. The van der Waals surface area contributed by atoms with E-state index < -0.39 is 17.4 Å². The number of likely N-dealkylation sites (tertiary alicyclic amines) is 1. The summed E-state index contributed by atoms with van der Waals surface area (Å²) in [6.07, 6.45) is 6.11. The quantitative estimate of drug-likeness (QED) is 0.351. The lowest BCUT2D eigenvalue weighted by Crippen LogP contribution is -2.40. The highest BCUT2D eigenvalue weighted by atomic mass is 16.6. The monoisotopic (exact) mass is 413 g/mol. The average molecular weight is 414 g/mol. The van der Waals surface area contributed by atoms with Crippen LogP contribution in [0, 0.1) is 11.8 Å². The van der Waals surface area contributed by atoms with Gasteiger partial charge in [0.05, 0.1) is 37.8 Å². The number of hydrogen-bond acceptors (Lipinski definition) is 5. The number of carbonyl (C=O) groups is 2. The van der Waals surface area contributed by atoms with Crippen LogP contribution in [-0.4, -0.2) is 48.2 Å². The van der Waals surface area contributed by atoms with Gasteiger partial charge < -0.3 is 19.1 Å². The minimum Gasteiger partial charge on any atom is -0.494 e. The number of unbranched alkanes of at least 4 members (excludes halogenated alkanes) is 1. The molecule has 1 spiro atoms. The van der Waals surface area contributed by atoms with Crippen LogP contribution in [0.15, 0.2) is 36.4 Å². The van der Waals surface area contributed by atoms with E-state index in [1.807, 2.05) is 48.2 Å². The van der Waals surface area contributed by atoms with Gasteiger partial charge in [0.15, 0.2) is 0 Å². The second kappa shape index (κ2) is 8.42. The van der Waals surface area contributed by atoms with E-state index in [0.717, 1.165) is 30.6 Å². The standard InChI is InChI=1S/C24H31NO5/c1-4-7-14-29-23(27)20-19-12-13-24(30-19)15-25(22(26)21(20)24)18(5-2)16-8-10-17(11-9-16)28-6-3/h8-13,18-21H,4-7,14-15H2,1-3H3. The molecule has 0 saturated carbocycles. The molecule has 0 radical (unpaired) electrons. The van der Waals surface area contributed by atoms with Gasteiger partial charge in [0, 0.05) is 0 Å². The Morgan fingerprint density at radius 3 is 2.70 bits per heavy atom. The van der Waals surface area contributed by atoms with Crippen LogP contribution in [0.5, 0.6) is 5.75 Å². The van der Waals surface area contributed by atoms with Crippen molar-refractivity contribution >= 4 is 11.9 Å². The molecule has 0 N–H and O–H groups in total. The third kappa shape index (κ3) is 3.41. The third-order valence-corrected chi connectivity index (χ3v) is 6.48. The molecule has 3 aliphatic heterocycles. The van der Waals surface area contributed by atoms with E-state index in [4.69, 9.17) is 14.2 Å². The van der Waals surface area contributed by atoms with E-state index in [0.29, 0.717) is 19.8 Å². The predicted molar refractivity (Wildman–Crippen MR) is 112 cm³/mol. The fourth-order valence-corrected chi connectivity index (χ4v) is 5.06. The lowest BCUT2D eigenvalue weighted by atomic mass is 9.77. The van der Waals surface area contributed by atoms with E-state index in [1.54, 1.807) is 0 Å². The Balaban J connectivity index is 1.55. The molecule has 1 aromatic carbocycles. The molecule has 2 bridgehead atoms. The molecule has 2 saturated heterocycles. The predicted octanol–water partition coefficient (Wildman–Crippen LogP) is 3.66. The first-order valence-corrected chi connectivity index (χ1v) is 11.1. The molecule has 1 aromatic rings. The molecule has 3 aliphatic rings. The van der Waals surface area contributed by atoms with Crippen molar-refractivity contribution < 1.29 is 23.8 Å². The number of amides is 1. The van der Waals surface area contributed by atoms with E-state index in [9.17, 15) is 9.59 Å². The highest BCUT2D eigenvalue weighted by molar-refractivity contribution is 5.91. The normalized spacial score (nSPS) is 29.9. The fraction of sp³-hybridized carbons (Fsp3) is 0.583. The highest BCUT2D eigenvalue weighted by Gasteiger charge is 2.67. The van der Waals surface area contributed by atoms with Crippen LogP contribution in [0.3, 0.4) is 0 Å². The Bertz CT molecular complexity index is 819. The van der Waals surface area contributed by atoms with Gasteiger partial charge in [-0.25, -0.2) is 0 Å². The first-order valence-electron chi connectivity index (χ1n) is 11.1. The second-order valence-electron chi connectivity index (χ2n) is 8.31. The number of nitrogens with zero attached hydrogens (tertiary/aromatic N) is 1. The Labute approximate surface area is 178 Å². The summed E-state index contributed by atoms with van der Waals surface area (Å²) in [7, 11) is 0. The summed E-state index contributed by atoms with van der Waals surface area (Å²) in [5, 5.41) is 0. The van der Waals surface area contributed by atoms with E-state index in [1.165, 1.54) is 0 Å². The van der Waals surface area contributed by atoms with Gasteiger partial charge in [-0.3, -0.25) is 9.59 Å². The van der Waals surface area contributed by atoms with Gasteiger partial charge in [-0.05, 0) is 37.5 Å². The summed E-state index contributed by atoms with van der Waals surface area (Å²) in [4.78, 5) is 28.2. The van der Waals surface area contributed by atoms with Crippen molar-refractivity contribution in [2.75, 3.05) is 19.8 Å². The van der Waals surface area contributed by atoms with Gasteiger partial charge in [0.1, 0.15) is 17.3 Å². The molecule has 0 aromatic heterocycles. The minimum atomic E-state index is -0.713. The third-order valence-electron chi connectivity index (χ3n) is 6.48. The summed E-state index contributed by atoms with van der Waals surface area (Å²) in [5.41, 5.74) is 0.348. The zero-order valence-electron chi connectivity index (χ0n) is 18.0. The summed E-state index contributed by atoms with van der Waals surface area (Å²) in [6.45, 7) is 7.56. The molecule has 6 nitrogen and oxygen atoms in total. The van der Waals surface area contributed by atoms with Crippen LogP contribution >= 0.6 is 0 Å². The highest BCUT2D eigenvalue weighted by Crippen LogP contribution is 2.53.